The van der Waals surface area contributed by atoms with Crippen molar-refractivity contribution in [2.24, 2.45) is 5.92 Å². The number of phenolic OH excluding ortho intramolecular Hbond substituents is 1. The molecule has 0 aromatic heterocycles. The highest BCUT2D eigenvalue weighted by Crippen LogP contribution is 2.02. The van der Waals surface area contributed by atoms with Crippen molar-refractivity contribution < 1.29 is 9.90 Å². The number of rotatable bonds is 2. The van der Waals surface area contributed by atoms with Crippen LogP contribution in [-0.4, -0.2) is 10.9 Å². The molecule has 0 saturated carbocycles. The van der Waals surface area contributed by atoms with Gasteiger partial charge in [0.25, 0.3) is 0 Å². The molecule has 0 spiro atoms. The Morgan fingerprint density at radius 1 is 1.29 bits per heavy atom. The maximum atomic E-state index is 10.3. The van der Waals surface area contributed by atoms with Gasteiger partial charge in [-0.1, -0.05) is 32.0 Å². The van der Waals surface area contributed by atoms with Crippen LogP contribution in [0.5, 0.6) is 5.75 Å². The Balaban J connectivity index is 0.000000241. The normalized spacial score (nSPS) is 9.14. The average molecular weight is 194 g/mol. The number of benzene rings is 1. The quantitative estimate of drug-likeness (QED) is 0.785. The van der Waals surface area contributed by atoms with Crippen LogP contribution >= 0.6 is 0 Å². The van der Waals surface area contributed by atoms with Crippen LogP contribution in [0.2, 0.25) is 0 Å². The molecule has 0 fully saturated rings. The van der Waals surface area contributed by atoms with Gasteiger partial charge in [-0.3, -0.25) is 0 Å². The second-order valence-corrected chi connectivity index (χ2v) is 3.64. The molecule has 0 aliphatic carbocycles. The molecule has 0 amide bonds. The molecule has 0 aliphatic rings. The third-order valence-corrected chi connectivity index (χ3v) is 1.45. The fourth-order valence-corrected chi connectivity index (χ4v) is 1.00. The van der Waals surface area contributed by atoms with Crippen molar-refractivity contribution in [1.29, 1.82) is 0 Å². The van der Waals surface area contributed by atoms with Gasteiger partial charge in [0.2, 0.25) is 0 Å². The Labute approximate surface area is 85.6 Å². The van der Waals surface area contributed by atoms with Crippen LogP contribution in [0.1, 0.15) is 27.2 Å². The maximum Gasteiger partial charge on any atom is 0.130 e. The lowest BCUT2D eigenvalue weighted by molar-refractivity contribution is -0.117. The molecule has 0 atom stereocenters. The van der Waals surface area contributed by atoms with E-state index in [1.54, 1.807) is 31.2 Å². The predicted octanol–water partition coefficient (Wildman–Crippen LogP) is 3.01. The SMILES string of the molecule is CC(=O)CC(C)C.Oc1ccccc1. The van der Waals surface area contributed by atoms with E-state index >= 15 is 0 Å². The molecule has 0 bridgehead atoms. The summed E-state index contributed by atoms with van der Waals surface area (Å²) in [6, 6.07) is 8.71. The molecule has 2 nitrogen and oxygen atoms in total. The molecular weight excluding hydrogens is 176 g/mol. The van der Waals surface area contributed by atoms with Gasteiger partial charge < -0.3 is 9.90 Å². The van der Waals surface area contributed by atoms with Crippen molar-refractivity contribution in [2.45, 2.75) is 27.2 Å². The van der Waals surface area contributed by atoms with Crippen molar-refractivity contribution in [3.8, 4) is 5.75 Å². The third kappa shape index (κ3) is 8.78. The Bertz CT molecular complexity index is 252. The zero-order chi connectivity index (χ0) is 11.0. The molecule has 78 valence electrons. The van der Waals surface area contributed by atoms with Crippen LogP contribution in [0.3, 0.4) is 0 Å². The molecule has 0 saturated heterocycles. The standard InChI is InChI=1S/C6H6O.C6H12O/c7-6-4-2-1-3-5-6;1-5(2)4-6(3)7/h1-5,7H;5H,4H2,1-3H3. The fraction of sp³-hybridized carbons (Fsp3) is 0.417. The van der Waals surface area contributed by atoms with Crippen LogP contribution in [0.15, 0.2) is 30.3 Å². The lowest BCUT2D eigenvalue weighted by Crippen LogP contribution is -1.95. The van der Waals surface area contributed by atoms with E-state index in [0.717, 1.165) is 6.42 Å². The third-order valence-electron chi connectivity index (χ3n) is 1.45. The van der Waals surface area contributed by atoms with Crippen LogP contribution < -0.4 is 0 Å². The van der Waals surface area contributed by atoms with Crippen molar-refractivity contribution in [1.82, 2.24) is 0 Å². The number of aromatic hydroxyl groups is 1. The van der Waals surface area contributed by atoms with Crippen molar-refractivity contribution in [2.75, 3.05) is 0 Å². The molecule has 0 heterocycles. The molecule has 0 aliphatic heterocycles. The smallest absolute Gasteiger partial charge is 0.130 e. The zero-order valence-corrected chi connectivity index (χ0v) is 9.03. The number of Topliss-reactive ketones (excluding diaryl/α,β-unsaturated/α-hetero) is 1. The number of carbonyl (C=O) groups is 1. The van der Waals surface area contributed by atoms with Crippen LogP contribution in [0, 0.1) is 5.92 Å². The van der Waals surface area contributed by atoms with Gasteiger partial charge in [0.05, 0.1) is 0 Å². The van der Waals surface area contributed by atoms with Crippen molar-refractivity contribution in [3.05, 3.63) is 30.3 Å². The van der Waals surface area contributed by atoms with Gasteiger partial charge >= 0.3 is 0 Å². The summed E-state index contributed by atoms with van der Waals surface area (Å²) in [5.74, 6) is 1.13. The van der Waals surface area contributed by atoms with Crippen LogP contribution in [0.25, 0.3) is 0 Å². The van der Waals surface area contributed by atoms with E-state index in [1.807, 2.05) is 19.9 Å². The minimum absolute atomic E-state index is 0.287. The number of carbonyl (C=O) groups excluding carboxylic acids is 1. The first-order valence-corrected chi connectivity index (χ1v) is 4.75. The largest absolute Gasteiger partial charge is 0.508 e. The topological polar surface area (TPSA) is 37.3 Å². The summed E-state index contributed by atoms with van der Waals surface area (Å²) in [6.07, 6.45) is 0.722. The summed E-state index contributed by atoms with van der Waals surface area (Å²) in [5.41, 5.74) is 0. The van der Waals surface area contributed by atoms with E-state index < -0.39 is 0 Å². The molecule has 0 unspecified atom stereocenters. The van der Waals surface area contributed by atoms with Gasteiger partial charge in [-0.05, 0) is 25.0 Å². The van der Waals surface area contributed by atoms with E-state index in [9.17, 15) is 4.79 Å². The monoisotopic (exact) mass is 194 g/mol. The number of hydrogen-bond acceptors (Lipinski definition) is 2. The second-order valence-electron chi connectivity index (χ2n) is 3.64. The highest BCUT2D eigenvalue weighted by molar-refractivity contribution is 5.75. The summed E-state index contributed by atoms with van der Waals surface area (Å²) in [6.45, 7) is 5.71. The molecule has 0 radical (unpaired) electrons. The van der Waals surface area contributed by atoms with Crippen LogP contribution in [-0.2, 0) is 4.79 Å². The molecular formula is C12H18O2. The van der Waals surface area contributed by atoms with E-state index in [4.69, 9.17) is 5.11 Å². The minimum atomic E-state index is 0.287. The van der Waals surface area contributed by atoms with E-state index in [0.29, 0.717) is 11.7 Å². The predicted molar refractivity (Wildman–Crippen MR) is 58.2 cm³/mol. The maximum absolute atomic E-state index is 10.3. The highest BCUT2D eigenvalue weighted by Gasteiger charge is 1.95. The zero-order valence-electron chi connectivity index (χ0n) is 9.03. The van der Waals surface area contributed by atoms with Crippen LogP contribution in [0.4, 0.5) is 0 Å². The van der Waals surface area contributed by atoms with E-state index in [1.165, 1.54) is 0 Å². The first-order valence-electron chi connectivity index (χ1n) is 4.75. The Hall–Kier alpha value is -1.31. The number of ketones is 1. The lowest BCUT2D eigenvalue weighted by atomic mass is 10.1. The average Bonchev–Trinajstić information content (AvgIpc) is 2.03. The summed E-state index contributed by atoms with van der Waals surface area (Å²) < 4.78 is 0. The first-order chi connectivity index (χ1) is 6.52. The highest BCUT2D eigenvalue weighted by atomic mass is 16.3. The van der Waals surface area contributed by atoms with Gasteiger partial charge in [0.15, 0.2) is 0 Å². The molecule has 1 aromatic carbocycles. The van der Waals surface area contributed by atoms with E-state index in [2.05, 4.69) is 0 Å². The Morgan fingerprint density at radius 2 is 1.79 bits per heavy atom. The fourth-order valence-electron chi connectivity index (χ4n) is 1.00. The van der Waals surface area contributed by atoms with Gasteiger partial charge in [-0.25, -0.2) is 0 Å². The Kier molecular flexibility index (Phi) is 6.46. The molecule has 14 heavy (non-hydrogen) atoms. The number of phenols is 1. The van der Waals surface area contributed by atoms with Crippen molar-refractivity contribution >= 4 is 5.78 Å². The number of hydrogen-bond donors (Lipinski definition) is 1. The molecule has 1 aromatic rings. The second kappa shape index (κ2) is 7.13. The van der Waals surface area contributed by atoms with Gasteiger partial charge in [-0.2, -0.15) is 0 Å². The lowest BCUT2D eigenvalue weighted by Gasteiger charge is -1.95. The summed E-state index contributed by atoms with van der Waals surface area (Å²) in [7, 11) is 0. The molecule has 1 rings (SSSR count). The summed E-state index contributed by atoms with van der Waals surface area (Å²) in [5, 5.41) is 8.63. The minimum Gasteiger partial charge on any atom is -0.508 e. The van der Waals surface area contributed by atoms with E-state index in [-0.39, 0.29) is 5.78 Å². The van der Waals surface area contributed by atoms with Gasteiger partial charge in [0, 0.05) is 6.42 Å². The van der Waals surface area contributed by atoms with Crippen molar-refractivity contribution in [3.63, 3.8) is 0 Å². The summed E-state index contributed by atoms with van der Waals surface area (Å²) >= 11 is 0. The molecule has 2 heteroatoms. The number of para-hydroxylation sites is 1. The Morgan fingerprint density at radius 3 is 1.93 bits per heavy atom. The van der Waals surface area contributed by atoms with Gasteiger partial charge in [-0.15, -0.1) is 0 Å². The molecule has 1 N–H and O–H groups in total. The van der Waals surface area contributed by atoms with Gasteiger partial charge in [0.1, 0.15) is 11.5 Å². The first kappa shape index (κ1) is 12.7. The summed E-state index contributed by atoms with van der Waals surface area (Å²) in [4.78, 5) is 10.3.